The number of ether oxygens (including phenoxy) is 5. The molecule has 5 aliphatic rings. The predicted molar refractivity (Wildman–Crippen MR) is 125 cm³/mol. The molecule has 194 valence electrons. The molecule has 0 aromatic heterocycles. The summed E-state index contributed by atoms with van der Waals surface area (Å²) in [4.78, 5) is 37.4. The highest BCUT2D eigenvalue weighted by Gasteiger charge is 2.85. The molecular formula is C27H32O9. The maximum Gasteiger partial charge on any atom is 0.331 e. The van der Waals surface area contributed by atoms with Gasteiger partial charge >= 0.3 is 17.9 Å². The minimum atomic E-state index is -1.13. The summed E-state index contributed by atoms with van der Waals surface area (Å²) in [5.41, 5.74) is -0.668. The van der Waals surface area contributed by atoms with Crippen molar-refractivity contribution in [1.29, 1.82) is 0 Å². The second-order valence-electron chi connectivity index (χ2n) is 10.6. The smallest absolute Gasteiger partial charge is 0.331 e. The van der Waals surface area contributed by atoms with Crippen LogP contribution in [0, 0.1) is 10.8 Å². The molecule has 2 bridgehead atoms. The summed E-state index contributed by atoms with van der Waals surface area (Å²) in [7, 11) is 0. The van der Waals surface area contributed by atoms with Gasteiger partial charge in [0.05, 0.1) is 24.7 Å². The third kappa shape index (κ3) is 3.76. The Labute approximate surface area is 209 Å². The zero-order valence-electron chi connectivity index (χ0n) is 20.7. The Morgan fingerprint density at radius 2 is 1.64 bits per heavy atom. The van der Waals surface area contributed by atoms with Crippen LogP contribution in [0.1, 0.15) is 40.0 Å². The van der Waals surface area contributed by atoms with Gasteiger partial charge in [-0.1, -0.05) is 36.3 Å². The van der Waals surface area contributed by atoms with Gasteiger partial charge in [-0.25, -0.2) is 14.4 Å². The zero-order chi connectivity index (χ0) is 25.7. The monoisotopic (exact) mass is 500 g/mol. The molecule has 7 atom stereocenters. The third-order valence-electron chi connectivity index (χ3n) is 8.65. The number of aliphatic hydroxyl groups excluding tert-OH is 1. The van der Waals surface area contributed by atoms with Gasteiger partial charge in [0.1, 0.15) is 30.5 Å². The second-order valence-corrected chi connectivity index (χ2v) is 10.6. The van der Waals surface area contributed by atoms with Crippen LogP contribution in [0.3, 0.4) is 0 Å². The molecule has 5 unspecified atom stereocenters. The van der Waals surface area contributed by atoms with Crippen LogP contribution in [0.5, 0.6) is 0 Å². The first-order chi connectivity index (χ1) is 17.1. The van der Waals surface area contributed by atoms with Crippen LogP contribution >= 0.6 is 0 Å². The Morgan fingerprint density at radius 3 is 2.36 bits per heavy atom. The van der Waals surface area contributed by atoms with Gasteiger partial charge in [0.25, 0.3) is 0 Å². The summed E-state index contributed by atoms with van der Waals surface area (Å²) in [6.07, 6.45) is 7.09. The number of esters is 3. The summed E-state index contributed by atoms with van der Waals surface area (Å²) < 4.78 is 29.3. The van der Waals surface area contributed by atoms with Crippen LogP contribution in [-0.2, 0) is 38.1 Å². The number of carbonyl (C=O) groups is 3. The molecule has 0 aromatic rings. The van der Waals surface area contributed by atoms with Crippen molar-refractivity contribution in [2.75, 3.05) is 19.8 Å². The molecule has 3 heterocycles. The SMILES string of the molecule is CC1=CC(=O)OCC23CCC(C)=C[C@H]2O[C@@H]2C(O)C(OC(=O)C=CC=CC(=O)OCC1)C3(C)C21CO1. The van der Waals surface area contributed by atoms with E-state index in [1.165, 1.54) is 30.4 Å². The summed E-state index contributed by atoms with van der Waals surface area (Å²) in [5.74, 6) is -1.77. The Balaban J connectivity index is 1.57. The average molecular weight is 501 g/mol. The van der Waals surface area contributed by atoms with Crippen molar-refractivity contribution < 1.29 is 43.2 Å². The van der Waals surface area contributed by atoms with Gasteiger partial charge in [0, 0.05) is 30.1 Å². The largest absolute Gasteiger partial charge is 0.462 e. The molecule has 2 spiro atoms. The number of hydrogen-bond donors (Lipinski definition) is 1. The van der Waals surface area contributed by atoms with Crippen LogP contribution < -0.4 is 0 Å². The van der Waals surface area contributed by atoms with Crippen LogP contribution in [0.15, 0.2) is 47.6 Å². The molecule has 1 saturated carbocycles. The highest BCUT2D eigenvalue weighted by atomic mass is 16.7. The molecular weight excluding hydrogens is 468 g/mol. The Bertz CT molecular complexity index is 1080. The molecule has 2 saturated heterocycles. The van der Waals surface area contributed by atoms with E-state index in [2.05, 4.69) is 0 Å². The fraction of sp³-hybridized carbons (Fsp3) is 0.593. The Morgan fingerprint density at radius 1 is 0.917 bits per heavy atom. The normalized spacial score (nSPS) is 42.8. The van der Waals surface area contributed by atoms with Crippen molar-refractivity contribution in [3.63, 3.8) is 0 Å². The van der Waals surface area contributed by atoms with Crippen molar-refractivity contribution in [1.82, 2.24) is 0 Å². The van der Waals surface area contributed by atoms with Gasteiger partial charge < -0.3 is 28.8 Å². The van der Waals surface area contributed by atoms with Gasteiger partial charge in [0.2, 0.25) is 0 Å². The minimum Gasteiger partial charge on any atom is -0.462 e. The molecule has 36 heavy (non-hydrogen) atoms. The molecule has 9 heteroatoms. The van der Waals surface area contributed by atoms with Crippen LogP contribution in [0.4, 0.5) is 0 Å². The van der Waals surface area contributed by atoms with Gasteiger partial charge in [-0.3, -0.25) is 0 Å². The minimum absolute atomic E-state index is 0.00667. The molecule has 9 nitrogen and oxygen atoms in total. The standard InChI is InChI=1S/C27H32O9/c1-16-8-10-26-14-33-21(30)13-17(2)9-11-32-19(28)6-4-5-7-20(29)36-23-22(31)24(35-18(26)12-16)27(15-34-27)25(23,26)3/h4-7,12-13,18,22-24,31H,8-11,14-15H2,1-3H3/t18-,22?,23?,24-,25?,26?,27?/m1/s1. The number of cyclic esters (lactones) is 2. The van der Waals surface area contributed by atoms with Crippen molar-refractivity contribution in [3.05, 3.63) is 47.6 Å². The van der Waals surface area contributed by atoms with Crippen LogP contribution in [0.25, 0.3) is 0 Å². The van der Waals surface area contributed by atoms with Crippen molar-refractivity contribution >= 4 is 17.9 Å². The first-order valence-corrected chi connectivity index (χ1v) is 12.3. The lowest BCUT2D eigenvalue weighted by Crippen LogP contribution is -2.66. The van der Waals surface area contributed by atoms with E-state index in [0.717, 1.165) is 12.0 Å². The zero-order valence-corrected chi connectivity index (χ0v) is 20.7. The van der Waals surface area contributed by atoms with E-state index in [4.69, 9.17) is 23.7 Å². The summed E-state index contributed by atoms with van der Waals surface area (Å²) in [6.45, 7) is 6.21. The molecule has 0 radical (unpaired) electrons. The fourth-order valence-corrected chi connectivity index (χ4v) is 6.50. The second kappa shape index (κ2) is 8.97. The molecule has 0 amide bonds. The van der Waals surface area contributed by atoms with E-state index in [1.807, 2.05) is 19.9 Å². The maximum atomic E-state index is 12.8. The van der Waals surface area contributed by atoms with E-state index in [0.29, 0.717) is 25.0 Å². The lowest BCUT2D eigenvalue weighted by atomic mass is 9.51. The first kappa shape index (κ1) is 24.9. The van der Waals surface area contributed by atoms with Crippen LogP contribution in [0.2, 0.25) is 0 Å². The number of rotatable bonds is 0. The van der Waals surface area contributed by atoms with Crippen molar-refractivity contribution in [2.45, 2.75) is 70.1 Å². The summed E-state index contributed by atoms with van der Waals surface area (Å²) >= 11 is 0. The van der Waals surface area contributed by atoms with E-state index in [1.54, 1.807) is 6.92 Å². The number of hydrogen-bond acceptors (Lipinski definition) is 9. The Kier molecular flexibility index (Phi) is 6.21. The molecule has 0 aromatic carbocycles. The van der Waals surface area contributed by atoms with Crippen molar-refractivity contribution in [3.8, 4) is 0 Å². The molecule has 5 rings (SSSR count). The summed E-state index contributed by atoms with van der Waals surface area (Å²) in [6, 6.07) is 0. The number of aliphatic hydroxyl groups is 1. The van der Waals surface area contributed by atoms with Crippen molar-refractivity contribution in [2.24, 2.45) is 10.8 Å². The highest BCUT2D eigenvalue weighted by molar-refractivity contribution is 5.85. The number of allylic oxidation sites excluding steroid dienone is 3. The lowest BCUT2D eigenvalue weighted by Gasteiger charge is -2.58. The molecule has 2 aliphatic carbocycles. The van der Waals surface area contributed by atoms with Gasteiger partial charge in [-0.2, -0.15) is 0 Å². The van der Waals surface area contributed by atoms with Gasteiger partial charge in [0.15, 0.2) is 0 Å². The van der Waals surface area contributed by atoms with Crippen LogP contribution in [-0.4, -0.2) is 72.9 Å². The quantitative estimate of drug-likeness (QED) is 0.231. The topological polar surface area (TPSA) is 121 Å². The number of carbonyl (C=O) groups excluding carboxylic acids is 3. The summed E-state index contributed by atoms with van der Waals surface area (Å²) in [5, 5.41) is 11.3. The van der Waals surface area contributed by atoms with Gasteiger partial charge in [-0.05, 0) is 26.7 Å². The van der Waals surface area contributed by atoms with Gasteiger partial charge in [-0.15, -0.1) is 0 Å². The first-order valence-electron chi connectivity index (χ1n) is 12.3. The van der Waals surface area contributed by atoms with E-state index in [-0.39, 0.29) is 13.2 Å². The Hall–Kier alpha value is -2.75. The fourth-order valence-electron chi connectivity index (χ4n) is 6.50. The van der Waals surface area contributed by atoms with E-state index in [9.17, 15) is 19.5 Å². The van der Waals surface area contributed by atoms with E-state index < -0.39 is 58.8 Å². The van der Waals surface area contributed by atoms with E-state index >= 15 is 0 Å². The number of epoxide rings is 1. The molecule has 3 fully saturated rings. The molecule has 3 aliphatic heterocycles. The maximum absolute atomic E-state index is 12.8. The lowest BCUT2D eigenvalue weighted by molar-refractivity contribution is -0.232. The highest BCUT2D eigenvalue weighted by Crippen LogP contribution is 2.72. The third-order valence-corrected chi connectivity index (χ3v) is 8.65. The molecule has 1 N–H and O–H groups in total. The average Bonchev–Trinajstić information content (AvgIpc) is 3.61. The predicted octanol–water partition coefficient (Wildman–Crippen LogP) is 2.09.